The molecule has 0 radical (unpaired) electrons. The zero-order chi connectivity index (χ0) is 19.4. The van der Waals surface area contributed by atoms with Crippen molar-refractivity contribution in [2.45, 2.75) is 32.7 Å². The number of aromatic amines is 1. The van der Waals surface area contributed by atoms with E-state index < -0.39 is 6.09 Å². The summed E-state index contributed by atoms with van der Waals surface area (Å²) in [6.45, 7) is 6.94. The van der Waals surface area contributed by atoms with Crippen LogP contribution in [0, 0.1) is 0 Å². The molecule has 0 aliphatic carbocycles. The SMILES string of the molecule is CC(C)(C)N(CCCNc1ccc(-c2n[nH]c3ccccc23)cc1)C(=O)O. The van der Waals surface area contributed by atoms with Gasteiger partial charge in [0, 0.05) is 35.3 Å². The van der Waals surface area contributed by atoms with E-state index in [9.17, 15) is 9.90 Å². The monoisotopic (exact) mass is 366 g/mol. The van der Waals surface area contributed by atoms with Gasteiger partial charge in [0.2, 0.25) is 0 Å². The Labute approximate surface area is 159 Å². The van der Waals surface area contributed by atoms with E-state index in [1.807, 2.05) is 63.2 Å². The van der Waals surface area contributed by atoms with Crippen molar-refractivity contribution in [3.05, 3.63) is 48.5 Å². The van der Waals surface area contributed by atoms with E-state index in [-0.39, 0.29) is 5.54 Å². The van der Waals surface area contributed by atoms with Crippen molar-refractivity contribution in [2.75, 3.05) is 18.4 Å². The van der Waals surface area contributed by atoms with Crippen LogP contribution in [-0.4, -0.2) is 44.9 Å². The Balaban J connectivity index is 1.58. The summed E-state index contributed by atoms with van der Waals surface area (Å²) >= 11 is 0. The predicted molar refractivity (Wildman–Crippen MR) is 109 cm³/mol. The smallest absolute Gasteiger partial charge is 0.407 e. The molecule has 0 fully saturated rings. The van der Waals surface area contributed by atoms with E-state index in [0.717, 1.165) is 34.3 Å². The Morgan fingerprint density at radius 2 is 1.85 bits per heavy atom. The minimum absolute atomic E-state index is 0.389. The van der Waals surface area contributed by atoms with Crippen LogP contribution in [0.25, 0.3) is 22.2 Å². The van der Waals surface area contributed by atoms with Crippen molar-refractivity contribution >= 4 is 22.7 Å². The summed E-state index contributed by atoms with van der Waals surface area (Å²) in [4.78, 5) is 12.8. The van der Waals surface area contributed by atoms with Gasteiger partial charge in [-0.1, -0.05) is 30.3 Å². The lowest BCUT2D eigenvalue weighted by Crippen LogP contribution is -2.45. The second-order valence-electron chi connectivity index (χ2n) is 7.58. The van der Waals surface area contributed by atoms with Crippen LogP contribution in [0.5, 0.6) is 0 Å². The van der Waals surface area contributed by atoms with E-state index in [4.69, 9.17) is 0 Å². The third-order valence-corrected chi connectivity index (χ3v) is 4.56. The summed E-state index contributed by atoms with van der Waals surface area (Å²) in [6, 6.07) is 16.2. The molecular weight excluding hydrogens is 340 g/mol. The molecule has 2 aromatic carbocycles. The second kappa shape index (κ2) is 7.70. The van der Waals surface area contributed by atoms with Crippen molar-refractivity contribution in [1.82, 2.24) is 15.1 Å². The lowest BCUT2D eigenvalue weighted by atomic mass is 10.1. The zero-order valence-corrected chi connectivity index (χ0v) is 16.0. The number of nitrogens with one attached hydrogen (secondary N) is 2. The predicted octanol–water partition coefficient (Wildman–Crippen LogP) is 4.81. The highest BCUT2D eigenvalue weighted by Crippen LogP contribution is 2.27. The first-order valence-electron chi connectivity index (χ1n) is 9.14. The van der Waals surface area contributed by atoms with Crippen molar-refractivity contribution in [1.29, 1.82) is 0 Å². The molecule has 3 rings (SSSR count). The second-order valence-corrected chi connectivity index (χ2v) is 7.58. The summed E-state index contributed by atoms with van der Waals surface area (Å²) in [5, 5.41) is 21.3. The Kier molecular flexibility index (Phi) is 5.35. The number of carbonyl (C=O) groups is 1. The fourth-order valence-corrected chi connectivity index (χ4v) is 3.12. The fraction of sp³-hybridized carbons (Fsp3) is 0.333. The molecule has 0 saturated heterocycles. The molecule has 1 heterocycles. The number of aromatic nitrogens is 2. The molecule has 142 valence electrons. The van der Waals surface area contributed by atoms with Crippen molar-refractivity contribution in [3.63, 3.8) is 0 Å². The van der Waals surface area contributed by atoms with Gasteiger partial charge in [-0.2, -0.15) is 5.10 Å². The van der Waals surface area contributed by atoms with Gasteiger partial charge in [-0.15, -0.1) is 0 Å². The molecule has 1 amide bonds. The lowest BCUT2D eigenvalue weighted by molar-refractivity contribution is 0.100. The molecule has 0 atom stereocenters. The van der Waals surface area contributed by atoms with Gasteiger partial charge in [-0.3, -0.25) is 5.10 Å². The maximum Gasteiger partial charge on any atom is 0.407 e. The number of benzene rings is 2. The first-order chi connectivity index (χ1) is 12.9. The highest BCUT2D eigenvalue weighted by atomic mass is 16.4. The zero-order valence-electron chi connectivity index (χ0n) is 16.0. The number of carboxylic acid groups (broad SMARTS) is 1. The van der Waals surface area contributed by atoms with Gasteiger partial charge in [0.1, 0.15) is 0 Å². The number of H-pyrrole nitrogens is 1. The lowest BCUT2D eigenvalue weighted by Gasteiger charge is -2.33. The minimum atomic E-state index is -0.877. The molecule has 0 saturated carbocycles. The molecule has 0 aliphatic heterocycles. The highest BCUT2D eigenvalue weighted by Gasteiger charge is 2.25. The van der Waals surface area contributed by atoms with Gasteiger partial charge in [0.05, 0.1) is 11.2 Å². The maximum absolute atomic E-state index is 11.4. The van der Waals surface area contributed by atoms with Crippen LogP contribution in [0.15, 0.2) is 48.5 Å². The molecule has 0 unspecified atom stereocenters. The van der Waals surface area contributed by atoms with Crippen molar-refractivity contribution in [3.8, 4) is 11.3 Å². The Morgan fingerprint density at radius 1 is 1.15 bits per heavy atom. The van der Waals surface area contributed by atoms with Crippen LogP contribution < -0.4 is 5.32 Å². The Hall–Kier alpha value is -3.02. The number of anilines is 1. The number of hydrogen-bond acceptors (Lipinski definition) is 3. The molecule has 0 aliphatic rings. The summed E-state index contributed by atoms with van der Waals surface area (Å²) in [7, 11) is 0. The third kappa shape index (κ3) is 4.39. The van der Waals surface area contributed by atoms with E-state index in [1.54, 1.807) is 0 Å². The van der Waals surface area contributed by atoms with Gasteiger partial charge in [0.15, 0.2) is 0 Å². The fourth-order valence-electron chi connectivity index (χ4n) is 3.12. The number of fused-ring (bicyclic) bond motifs is 1. The topological polar surface area (TPSA) is 81.2 Å². The molecule has 6 heteroatoms. The molecule has 6 nitrogen and oxygen atoms in total. The van der Waals surface area contributed by atoms with Crippen LogP contribution in [-0.2, 0) is 0 Å². The summed E-state index contributed by atoms with van der Waals surface area (Å²) in [5.74, 6) is 0. The van der Waals surface area contributed by atoms with Crippen LogP contribution in [0.4, 0.5) is 10.5 Å². The van der Waals surface area contributed by atoms with Crippen LogP contribution >= 0.6 is 0 Å². The summed E-state index contributed by atoms with van der Waals surface area (Å²) < 4.78 is 0. The van der Waals surface area contributed by atoms with Gasteiger partial charge >= 0.3 is 6.09 Å². The average molecular weight is 366 g/mol. The van der Waals surface area contributed by atoms with Crippen molar-refractivity contribution < 1.29 is 9.90 Å². The van der Waals surface area contributed by atoms with Gasteiger partial charge < -0.3 is 15.3 Å². The van der Waals surface area contributed by atoms with Gasteiger partial charge in [-0.05, 0) is 45.4 Å². The first kappa shape index (κ1) is 18.8. The quantitative estimate of drug-likeness (QED) is 0.547. The molecule has 0 spiro atoms. The van der Waals surface area contributed by atoms with Crippen molar-refractivity contribution in [2.24, 2.45) is 0 Å². The number of amides is 1. The number of rotatable bonds is 6. The van der Waals surface area contributed by atoms with Crippen LogP contribution in [0.3, 0.4) is 0 Å². The standard InChI is InChI=1S/C21H26N4O2/c1-21(2,3)25(20(26)27)14-6-13-22-16-11-9-15(10-12-16)19-17-7-4-5-8-18(17)23-24-19/h4-5,7-12,22H,6,13-14H2,1-3H3,(H,23,24)(H,26,27). The molecule has 3 aromatic rings. The van der Waals surface area contributed by atoms with E-state index in [1.165, 1.54) is 4.90 Å². The van der Waals surface area contributed by atoms with E-state index in [2.05, 4.69) is 21.6 Å². The Bertz CT molecular complexity index is 910. The average Bonchev–Trinajstić information content (AvgIpc) is 3.05. The number of nitrogens with zero attached hydrogens (tertiary/aromatic N) is 2. The number of hydrogen-bond donors (Lipinski definition) is 3. The molecule has 27 heavy (non-hydrogen) atoms. The van der Waals surface area contributed by atoms with Crippen LogP contribution in [0.2, 0.25) is 0 Å². The summed E-state index contributed by atoms with van der Waals surface area (Å²) in [5.41, 5.74) is 3.65. The molecular formula is C21H26N4O2. The third-order valence-electron chi connectivity index (χ3n) is 4.56. The maximum atomic E-state index is 11.4. The largest absolute Gasteiger partial charge is 0.465 e. The highest BCUT2D eigenvalue weighted by molar-refractivity contribution is 5.92. The van der Waals surface area contributed by atoms with Gasteiger partial charge in [0.25, 0.3) is 0 Å². The number of para-hydroxylation sites is 1. The molecule has 3 N–H and O–H groups in total. The minimum Gasteiger partial charge on any atom is -0.465 e. The normalized spacial score (nSPS) is 11.5. The Morgan fingerprint density at radius 3 is 2.52 bits per heavy atom. The molecule has 0 bridgehead atoms. The first-order valence-corrected chi connectivity index (χ1v) is 9.14. The van der Waals surface area contributed by atoms with E-state index in [0.29, 0.717) is 13.1 Å². The van der Waals surface area contributed by atoms with Crippen LogP contribution in [0.1, 0.15) is 27.2 Å². The molecule has 1 aromatic heterocycles. The summed E-state index contributed by atoms with van der Waals surface area (Å²) in [6.07, 6.45) is -0.131. The van der Waals surface area contributed by atoms with E-state index >= 15 is 0 Å². The van der Waals surface area contributed by atoms with Gasteiger partial charge in [-0.25, -0.2) is 4.79 Å².